The van der Waals surface area contributed by atoms with Gasteiger partial charge in [-0.05, 0) is 32.9 Å². The van der Waals surface area contributed by atoms with Crippen molar-refractivity contribution < 1.29 is 14.1 Å². The third kappa shape index (κ3) is 3.88. The largest absolute Gasteiger partial charge is 0.466 e. The molecule has 23 heavy (non-hydrogen) atoms. The SMILES string of the molecule is Cc1oc(C)c(C(=O)NCCNc2ccc([N+](=O)[O-])cc2)c1C. The van der Waals surface area contributed by atoms with Gasteiger partial charge in [-0.1, -0.05) is 0 Å². The Morgan fingerprint density at radius 3 is 2.30 bits per heavy atom. The van der Waals surface area contributed by atoms with Crippen LogP contribution in [0.25, 0.3) is 0 Å². The molecule has 0 saturated heterocycles. The Kier molecular flexibility index (Phi) is 5.00. The van der Waals surface area contributed by atoms with E-state index in [1.165, 1.54) is 12.1 Å². The van der Waals surface area contributed by atoms with Crippen LogP contribution in [0.5, 0.6) is 0 Å². The highest BCUT2D eigenvalue weighted by Gasteiger charge is 2.17. The van der Waals surface area contributed by atoms with Gasteiger partial charge < -0.3 is 15.1 Å². The second-order valence-electron chi connectivity index (χ2n) is 5.20. The van der Waals surface area contributed by atoms with E-state index in [0.29, 0.717) is 24.4 Å². The summed E-state index contributed by atoms with van der Waals surface area (Å²) in [5.41, 5.74) is 2.24. The van der Waals surface area contributed by atoms with Crippen LogP contribution >= 0.6 is 0 Å². The van der Waals surface area contributed by atoms with Crippen LogP contribution in [0.3, 0.4) is 0 Å². The van der Waals surface area contributed by atoms with Gasteiger partial charge in [0.05, 0.1) is 10.5 Å². The standard InChI is InChI=1S/C16H19N3O4/c1-10-11(2)23-12(3)15(10)16(20)18-9-8-17-13-4-6-14(7-5-13)19(21)22/h4-7,17H,8-9H2,1-3H3,(H,18,20). The van der Waals surface area contributed by atoms with Crippen LogP contribution in [-0.4, -0.2) is 23.9 Å². The topological polar surface area (TPSA) is 97.4 Å². The Morgan fingerprint density at radius 2 is 1.78 bits per heavy atom. The molecule has 0 fully saturated rings. The summed E-state index contributed by atoms with van der Waals surface area (Å²) < 4.78 is 5.44. The van der Waals surface area contributed by atoms with Crippen LogP contribution in [0.2, 0.25) is 0 Å². The fourth-order valence-corrected chi connectivity index (χ4v) is 2.30. The van der Waals surface area contributed by atoms with Gasteiger partial charge in [0.25, 0.3) is 11.6 Å². The summed E-state index contributed by atoms with van der Waals surface area (Å²) in [6.45, 7) is 6.40. The van der Waals surface area contributed by atoms with Crippen molar-refractivity contribution in [3.05, 3.63) is 57.0 Å². The number of benzene rings is 1. The average Bonchev–Trinajstić information content (AvgIpc) is 2.77. The van der Waals surface area contributed by atoms with Crippen molar-refractivity contribution in [1.82, 2.24) is 5.32 Å². The van der Waals surface area contributed by atoms with Crippen LogP contribution in [-0.2, 0) is 0 Å². The molecule has 2 aromatic rings. The van der Waals surface area contributed by atoms with E-state index >= 15 is 0 Å². The lowest BCUT2D eigenvalue weighted by Gasteiger charge is -2.08. The summed E-state index contributed by atoms with van der Waals surface area (Å²) in [5, 5.41) is 16.5. The maximum Gasteiger partial charge on any atom is 0.269 e. The van der Waals surface area contributed by atoms with E-state index in [2.05, 4.69) is 10.6 Å². The fourth-order valence-electron chi connectivity index (χ4n) is 2.30. The van der Waals surface area contributed by atoms with Crippen molar-refractivity contribution in [2.45, 2.75) is 20.8 Å². The third-order valence-electron chi connectivity index (χ3n) is 3.61. The summed E-state index contributed by atoms with van der Waals surface area (Å²) >= 11 is 0. The first-order chi connectivity index (χ1) is 10.9. The highest BCUT2D eigenvalue weighted by atomic mass is 16.6. The number of rotatable bonds is 6. The van der Waals surface area contributed by atoms with Gasteiger partial charge in [-0.25, -0.2) is 0 Å². The Balaban J connectivity index is 1.83. The maximum absolute atomic E-state index is 12.2. The predicted molar refractivity (Wildman–Crippen MR) is 86.8 cm³/mol. The zero-order chi connectivity index (χ0) is 17.0. The smallest absolute Gasteiger partial charge is 0.269 e. The summed E-state index contributed by atoms with van der Waals surface area (Å²) in [5.74, 6) is 1.19. The lowest BCUT2D eigenvalue weighted by atomic mass is 10.1. The highest BCUT2D eigenvalue weighted by Crippen LogP contribution is 2.20. The summed E-state index contributed by atoms with van der Waals surface area (Å²) in [6.07, 6.45) is 0. The van der Waals surface area contributed by atoms with E-state index in [1.807, 2.05) is 13.8 Å². The number of hydrogen-bond donors (Lipinski definition) is 2. The molecule has 0 spiro atoms. The van der Waals surface area contributed by atoms with Gasteiger partial charge >= 0.3 is 0 Å². The first-order valence-electron chi connectivity index (χ1n) is 7.23. The van der Waals surface area contributed by atoms with Crippen molar-refractivity contribution in [3.63, 3.8) is 0 Å². The number of furan rings is 1. The third-order valence-corrected chi connectivity index (χ3v) is 3.61. The minimum atomic E-state index is -0.443. The molecule has 0 bridgehead atoms. The molecule has 7 heteroatoms. The number of anilines is 1. The molecule has 2 rings (SSSR count). The number of nitro groups is 1. The first-order valence-corrected chi connectivity index (χ1v) is 7.23. The molecule has 0 aliphatic heterocycles. The molecule has 1 amide bonds. The molecule has 1 aromatic carbocycles. The molecule has 0 aliphatic rings. The van der Waals surface area contributed by atoms with Crippen molar-refractivity contribution >= 4 is 17.3 Å². The lowest BCUT2D eigenvalue weighted by Crippen LogP contribution is -2.29. The molecule has 2 N–H and O–H groups in total. The highest BCUT2D eigenvalue weighted by molar-refractivity contribution is 5.96. The molecule has 122 valence electrons. The van der Waals surface area contributed by atoms with Crippen LogP contribution in [0.15, 0.2) is 28.7 Å². The molecule has 0 atom stereocenters. The molecule has 0 aliphatic carbocycles. The number of aryl methyl sites for hydroxylation is 2. The quantitative estimate of drug-likeness (QED) is 0.485. The molecular weight excluding hydrogens is 298 g/mol. The Bertz CT molecular complexity index is 720. The van der Waals surface area contributed by atoms with Gasteiger partial charge in [0.1, 0.15) is 11.5 Å². The normalized spacial score (nSPS) is 10.4. The number of nitro benzene ring substituents is 1. The van der Waals surface area contributed by atoms with Gasteiger partial charge in [-0.15, -0.1) is 0 Å². The van der Waals surface area contributed by atoms with E-state index in [-0.39, 0.29) is 11.6 Å². The molecule has 7 nitrogen and oxygen atoms in total. The minimum absolute atomic E-state index is 0.0464. The summed E-state index contributed by atoms with van der Waals surface area (Å²) in [7, 11) is 0. The number of non-ortho nitro benzene ring substituents is 1. The average molecular weight is 317 g/mol. The molecule has 1 aromatic heterocycles. The number of amides is 1. The van der Waals surface area contributed by atoms with Crippen molar-refractivity contribution in [1.29, 1.82) is 0 Å². The van der Waals surface area contributed by atoms with Gasteiger partial charge in [0.15, 0.2) is 0 Å². The number of carbonyl (C=O) groups is 1. The Morgan fingerprint density at radius 1 is 1.13 bits per heavy atom. The lowest BCUT2D eigenvalue weighted by molar-refractivity contribution is -0.384. The van der Waals surface area contributed by atoms with E-state index in [9.17, 15) is 14.9 Å². The van der Waals surface area contributed by atoms with Crippen LogP contribution in [0.1, 0.15) is 27.4 Å². The monoisotopic (exact) mass is 317 g/mol. The molecule has 0 unspecified atom stereocenters. The molecule has 0 radical (unpaired) electrons. The van der Waals surface area contributed by atoms with Crippen molar-refractivity contribution in [3.8, 4) is 0 Å². The zero-order valence-electron chi connectivity index (χ0n) is 13.3. The van der Waals surface area contributed by atoms with Gasteiger partial charge in [-0.3, -0.25) is 14.9 Å². The number of nitrogens with one attached hydrogen (secondary N) is 2. The maximum atomic E-state index is 12.2. The number of hydrogen-bond acceptors (Lipinski definition) is 5. The summed E-state index contributed by atoms with van der Waals surface area (Å²) in [4.78, 5) is 22.3. The van der Waals surface area contributed by atoms with E-state index < -0.39 is 4.92 Å². The van der Waals surface area contributed by atoms with Gasteiger partial charge in [-0.2, -0.15) is 0 Å². The molecule has 1 heterocycles. The molecule has 0 saturated carbocycles. The van der Waals surface area contributed by atoms with Crippen molar-refractivity contribution in [2.24, 2.45) is 0 Å². The van der Waals surface area contributed by atoms with Gasteiger partial charge in [0.2, 0.25) is 0 Å². The number of nitrogens with zero attached hydrogens (tertiary/aromatic N) is 1. The predicted octanol–water partition coefficient (Wildman–Crippen LogP) is 2.95. The minimum Gasteiger partial charge on any atom is -0.466 e. The Hall–Kier alpha value is -2.83. The Labute approximate surface area is 133 Å². The van der Waals surface area contributed by atoms with E-state index in [4.69, 9.17) is 4.42 Å². The van der Waals surface area contributed by atoms with Crippen LogP contribution < -0.4 is 10.6 Å². The first kappa shape index (κ1) is 16.5. The zero-order valence-corrected chi connectivity index (χ0v) is 13.3. The summed E-state index contributed by atoms with van der Waals surface area (Å²) in [6, 6.07) is 6.13. The fraction of sp³-hybridized carbons (Fsp3) is 0.312. The number of carbonyl (C=O) groups excluding carboxylic acids is 1. The second-order valence-corrected chi connectivity index (χ2v) is 5.20. The van der Waals surface area contributed by atoms with E-state index in [0.717, 1.165) is 17.0 Å². The van der Waals surface area contributed by atoms with Crippen LogP contribution in [0.4, 0.5) is 11.4 Å². The van der Waals surface area contributed by atoms with E-state index in [1.54, 1.807) is 19.1 Å². The second kappa shape index (κ2) is 6.95. The molecular formula is C16H19N3O4. The van der Waals surface area contributed by atoms with Crippen molar-refractivity contribution in [2.75, 3.05) is 18.4 Å². The van der Waals surface area contributed by atoms with Crippen LogP contribution in [0, 0.1) is 30.9 Å². The van der Waals surface area contributed by atoms with Gasteiger partial charge in [0, 0.05) is 36.5 Å².